The summed E-state index contributed by atoms with van der Waals surface area (Å²) in [6, 6.07) is 7.61. The van der Waals surface area contributed by atoms with E-state index in [2.05, 4.69) is 36.2 Å². The molecule has 1 aromatic rings. The molecule has 0 spiro atoms. The maximum absolute atomic E-state index is 11.7. The average Bonchev–Trinajstić information content (AvgIpc) is 2.45. The van der Waals surface area contributed by atoms with Crippen molar-refractivity contribution >= 4 is 5.91 Å². The summed E-state index contributed by atoms with van der Waals surface area (Å²) in [5.41, 5.74) is 3.88. The van der Waals surface area contributed by atoms with Crippen LogP contribution in [-0.4, -0.2) is 49.4 Å². The van der Waals surface area contributed by atoms with Gasteiger partial charge >= 0.3 is 0 Å². The van der Waals surface area contributed by atoms with Crippen LogP contribution < -0.4 is 11.3 Å². The SMILES string of the molecule is CCN(CCCN(C)C)Cc1ccccc1C(=O)NN. The second kappa shape index (κ2) is 8.68. The number of hydrazine groups is 1. The van der Waals surface area contributed by atoms with E-state index in [-0.39, 0.29) is 5.91 Å². The van der Waals surface area contributed by atoms with Crippen LogP contribution in [0.15, 0.2) is 24.3 Å². The van der Waals surface area contributed by atoms with Crippen molar-refractivity contribution in [1.29, 1.82) is 0 Å². The summed E-state index contributed by atoms with van der Waals surface area (Å²) in [6.45, 7) is 5.97. The number of benzene rings is 1. The molecular formula is C15H26N4O. The molecule has 20 heavy (non-hydrogen) atoms. The minimum atomic E-state index is -0.232. The van der Waals surface area contributed by atoms with Gasteiger partial charge in [-0.25, -0.2) is 5.84 Å². The van der Waals surface area contributed by atoms with Gasteiger partial charge < -0.3 is 4.90 Å². The Morgan fingerprint density at radius 3 is 2.55 bits per heavy atom. The molecule has 0 aromatic heterocycles. The highest BCUT2D eigenvalue weighted by atomic mass is 16.2. The summed E-state index contributed by atoms with van der Waals surface area (Å²) in [5.74, 6) is 5.00. The molecule has 1 aromatic carbocycles. The minimum absolute atomic E-state index is 0.232. The largest absolute Gasteiger partial charge is 0.309 e. The Balaban J connectivity index is 2.67. The molecule has 0 aliphatic carbocycles. The molecule has 1 rings (SSSR count). The first-order chi connectivity index (χ1) is 9.58. The van der Waals surface area contributed by atoms with Gasteiger partial charge in [-0.05, 0) is 51.8 Å². The summed E-state index contributed by atoms with van der Waals surface area (Å²) in [7, 11) is 4.16. The topological polar surface area (TPSA) is 61.6 Å². The number of nitrogens with zero attached hydrogens (tertiary/aromatic N) is 2. The Hall–Kier alpha value is -1.43. The molecule has 5 heteroatoms. The number of carbonyl (C=O) groups is 1. The number of hydrogen-bond acceptors (Lipinski definition) is 4. The summed E-state index contributed by atoms with van der Waals surface area (Å²) in [4.78, 5) is 16.3. The van der Waals surface area contributed by atoms with Crippen molar-refractivity contribution in [1.82, 2.24) is 15.2 Å². The van der Waals surface area contributed by atoms with E-state index in [1.54, 1.807) is 0 Å². The molecule has 3 N–H and O–H groups in total. The van der Waals surface area contributed by atoms with Crippen molar-refractivity contribution < 1.29 is 4.79 Å². The molecule has 0 fully saturated rings. The highest BCUT2D eigenvalue weighted by molar-refractivity contribution is 5.95. The van der Waals surface area contributed by atoms with E-state index < -0.39 is 0 Å². The van der Waals surface area contributed by atoms with Crippen molar-refractivity contribution in [2.45, 2.75) is 19.9 Å². The van der Waals surface area contributed by atoms with Gasteiger partial charge in [0.2, 0.25) is 0 Å². The first-order valence-electron chi connectivity index (χ1n) is 7.04. The first kappa shape index (κ1) is 16.6. The second-order valence-electron chi connectivity index (χ2n) is 5.16. The van der Waals surface area contributed by atoms with Crippen molar-refractivity contribution in [3.63, 3.8) is 0 Å². The lowest BCUT2D eigenvalue weighted by molar-refractivity contribution is 0.0951. The number of nitrogens with one attached hydrogen (secondary N) is 1. The smallest absolute Gasteiger partial charge is 0.265 e. The maximum atomic E-state index is 11.7. The molecule has 0 heterocycles. The molecule has 0 aliphatic heterocycles. The van der Waals surface area contributed by atoms with Crippen LogP contribution in [-0.2, 0) is 6.54 Å². The van der Waals surface area contributed by atoms with Crippen LogP contribution >= 0.6 is 0 Å². The second-order valence-corrected chi connectivity index (χ2v) is 5.16. The molecular weight excluding hydrogens is 252 g/mol. The zero-order valence-electron chi connectivity index (χ0n) is 12.7. The predicted octanol–water partition coefficient (Wildman–Crippen LogP) is 1.06. The van der Waals surface area contributed by atoms with Gasteiger partial charge in [0.25, 0.3) is 5.91 Å². The molecule has 5 nitrogen and oxygen atoms in total. The standard InChI is InChI=1S/C15H26N4O/c1-4-19(11-7-10-18(2)3)12-13-8-5-6-9-14(13)15(20)17-16/h5-6,8-9H,4,7,10-12,16H2,1-3H3,(H,17,20). The van der Waals surface area contributed by atoms with Crippen LogP contribution in [0.5, 0.6) is 0 Å². The van der Waals surface area contributed by atoms with Crippen molar-refractivity contribution in [2.75, 3.05) is 33.7 Å². The third-order valence-electron chi connectivity index (χ3n) is 3.31. The number of nitrogens with two attached hydrogens (primary N) is 1. The molecule has 0 aliphatic rings. The maximum Gasteiger partial charge on any atom is 0.265 e. The molecule has 0 unspecified atom stereocenters. The van der Waals surface area contributed by atoms with Gasteiger partial charge in [0.05, 0.1) is 0 Å². The Morgan fingerprint density at radius 1 is 1.25 bits per heavy atom. The number of nitrogen functional groups attached to an aromatic ring is 1. The van der Waals surface area contributed by atoms with E-state index in [4.69, 9.17) is 5.84 Å². The lowest BCUT2D eigenvalue weighted by Gasteiger charge is -2.22. The van der Waals surface area contributed by atoms with Crippen LogP contribution in [0.3, 0.4) is 0 Å². The first-order valence-corrected chi connectivity index (χ1v) is 7.04. The zero-order valence-corrected chi connectivity index (χ0v) is 12.7. The Morgan fingerprint density at radius 2 is 1.95 bits per heavy atom. The van der Waals surface area contributed by atoms with Crippen LogP contribution in [0, 0.1) is 0 Å². The van der Waals surface area contributed by atoms with Crippen molar-refractivity contribution in [2.24, 2.45) is 5.84 Å². The molecule has 112 valence electrons. The molecule has 0 saturated carbocycles. The number of hydrogen-bond donors (Lipinski definition) is 2. The Labute approximate surface area is 121 Å². The Kier molecular flexibility index (Phi) is 7.22. The van der Waals surface area contributed by atoms with E-state index in [1.165, 1.54) is 0 Å². The molecule has 0 bridgehead atoms. The van der Waals surface area contributed by atoms with Gasteiger partial charge in [0.1, 0.15) is 0 Å². The summed E-state index contributed by atoms with van der Waals surface area (Å²) in [5, 5.41) is 0. The van der Waals surface area contributed by atoms with Gasteiger partial charge in [-0.3, -0.25) is 15.1 Å². The summed E-state index contributed by atoms with van der Waals surface area (Å²) >= 11 is 0. The monoisotopic (exact) mass is 278 g/mol. The molecule has 0 atom stereocenters. The van der Waals surface area contributed by atoms with E-state index in [9.17, 15) is 4.79 Å². The molecule has 0 radical (unpaired) electrons. The van der Waals surface area contributed by atoms with Crippen molar-refractivity contribution in [3.8, 4) is 0 Å². The highest BCUT2D eigenvalue weighted by Gasteiger charge is 2.12. The number of amides is 1. The fourth-order valence-corrected chi connectivity index (χ4v) is 2.16. The quantitative estimate of drug-likeness (QED) is 0.424. The predicted molar refractivity (Wildman–Crippen MR) is 82.2 cm³/mol. The van der Waals surface area contributed by atoms with Gasteiger partial charge in [-0.15, -0.1) is 0 Å². The van der Waals surface area contributed by atoms with Crippen LogP contribution in [0.4, 0.5) is 0 Å². The van der Waals surface area contributed by atoms with Gasteiger partial charge in [0.15, 0.2) is 0 Å². The summed E-state index contributed by atoms with van der Waals surface area (Å²) in [6.07, 6.45) is 1.12. The third-order valence-corrected chi connectivity index (χ3v) is 3.31. The van der Waals surface area contributed by atoms with Crippen LogP contribution in [0.25, 0.3) is 0 Å². The fourth-order valence-electron chi connectivity index (χ4n) is 2.16. The summed E-state index contributed by atoms with van der Waals surface area (Å²) < 4.78 is 0. The van der Waals surface area contributed by atoms with Crippen molar-refractivity contribution in [3.05, 3.63) is 35.4 Å². The highest BCUT2D eigenvalue weighted by Crippen LogP contribution is 2.12. The molecule has 1 amide bonds. The normalized spacial score (nSPS) is 11.1. The Bertz CT molecular complexity index is 420. The van der Waals surface area contributed by atoms with Crippen LogP contribution in [0.2, 0.25) is 0 Å². The minimum Gasteiger partial charge on any atom is -0.309 e. The average molecular weight is 278 g/mol. The lowest BCUT2D eigenvalue weighted by Crippen LogP contribution is -2.32. The number of rotatable bonds is 8. The third kappa shape index (κ3) is 5.28. The van der Waals surface area contributed by atoms with Crippen LogP contribution in [0.1, 0.15) is 29.3 Å². The van der Waals surface area contributed by atoms with E-state index in [0.29, 0.717) is 5.56 Å². The van der Waals surface area contributed by atoms with E-state index >= 15 is 0 Å². The van der Waals surface area contributed by atoms with E-state index in [0.717, 1.165) is 38.2 Å². The number of carbonyl (C=O) groups excluding carboxylic acids is 1. The van der Waals surface area contributed by atoms with E-state index in [1.807, 2.05) is 24.3 Å². The zero-order chi connectivity index (χ0) is 15.0. The van der Waals surface area contributed by atoms with Gasteiger partial charge in [-0.1, -0.05) is 25.1 Å². The molecule has 0 saturated heterocycles. The lowest BCUT2D eigenvalue weighted by atomic mass is 10.1. The van der Waals surface area contributed by atoms with Gasteiger partial charge in [0, 0.05) is 12.1 Å². The van der Waals surface area contributed by atoms with Gasteiger partial charge in [-0.2, -0.15) is 0 Å². The fraction of sp³-hybridized carbons (Fsp3) is 0.533.